The molecule has 98 valence electrons. The van der Waals surface area contributed by atoms with E-state index in [1.807, 2.05) is 6.07 Å². The second-order valence-electron chi connectivity index (χ2n) is 2.57. The van der Waals surface area contributed by atoms with Gasteiger partial charge in [-0.05, 0) is 17.3 Å². The van der Waals surface area contributed by atoms with Crippen molar-refractivity contribution >= 4 is 66.8 Å². The molecule has 18 heavy (non-hydrogen) atoms. The molecule has 0 unspecified atom stereocenters. The Labute approximate surface area is 129 Å². The molecule has 0 amide bonds. The first kappa shape index (κ1) is 18.0. The monoisotopic (exact) mass is 433 g/mol. The Morgan fingerprint density at radius 2 is 2.06 bits per heavy atom. The second kappa shape index (κ2) is 10.9. The summed E-state index contributed by atoms with van der Waals surface area (Å²) in [5.74, 6) is 0.275. The predicted molar refractivity (Wildman–Crippen MR) is 82.1 cm³/mol. The molecule has 0 aromatic carbocycles. The van der Waals surface area contributed by atoms with Gasteiger partial charge in [-0.3, -0.25) is 15.4 Å². The van der Waals surface area contributed by atoms with Gasteiger partial charge in [0.05, 0.1) is 0 Å². The summed E-state index contributed by atoms with van der Waals surface area (Å²) >= 11 is 2.64. The van der Waals surface area contributed by atoms with E-state index in [1.54, 1.807) is 25.4 Å². The van der Waals surface area contributed by atoms with E-state index in [0.717, 1.165) is 0 Å². The van der Waals surface area contributed by atoms with Crippen LogP contribution >= 0.6 is 26.8 Å². The van der Waals surface area contributed by atoms with E-state index < -0.39 is 16.4 Å². The van der Waals surface area contributed by atoms with Crippen molar-refractivity contribution in [1.82, 2.24) is 10.4 Å². The van der Waals surface area contributed by atoms with Crippen LogP contribution in [0.1, 0.15) is 5.69 Å². The third-order valence-electron chi connectivity index (χ3n) is 1.40. The predicted octanol–water partition coefficient (Wildman–Crippen LogP) is 1.51. The molecule has 0 spiro atoms. The summed E-state index contributed by atoms with van der Waals surface area (Å²) in [7, 11) is 16.6. The first-order chi connectivity index (χ1) is 8.47. The normalized spacial score (nSPS) is 11.3. The molecular weight excluding hydrogens is 423 g/mol. The number of hydrogen-bond donors (Lipinski definition) is 2. The molecule has 1 rings (SSSR count). The van der Waals surface area contributed by atoms with Gasteiger partial charge in [-0.2, -0.15) is 5.10 Å². The van der Waals surface area contributed by atoms with Crippen LogP contribution in [0.25, 0.3) is 0 Å². The van der Waals surface area contributed by atoms with Crippen molar-refractivity contribution in [3.63, 3.8) is 0 Å². The van der Waals surface area contributed by atoms with Gasteiger partial charge in [-0.15, -0.1) is 0 Å². The summed E-state index contributed by atoms with van der Waals surface area (Å²) in [5.41, 5.74) is 8.74. The molecule has 0 aliphatic heterocycles. The van der Waals surface area contributed by atoms with Crippen molar-refractivity contribution in [2.24, 2.45) is 15.8 Å². The molecule has 1 aromatic rings. The van der Waals surface area contributed by atoms with Gasteiger partial charge < -0.3 is 18.4 Å². The van der Waals surface area contributed by atoms with E-state index >= 15 is 0 Å². The number of pyridine rings is 1. The quantitative estimate of drug-likeness (QED) is 0.244. The van der Waals surface area contributed by atoms with Crippen LogP contribution in [-0.4, -0.2) is 39.4 Å². The molecule has 5 nitrogen and oxygen atoms in total. The van der Waals surface area contributed by atoms with Gasteiger partial charge in [0.2, 0.25) is 0 Å². The summed E-state index contributed by atoms with van der Waals surface area (Å²) in [5, 5.41) is 4.09. The van der Waals surface area contributed by atoms with Gasteiger partial charge in [-0.25, -0.2) is 0 Å². The van der Waals surface area contributed by atoms with Crippen molar-refractivity contribution < 1.29 is 0 Å². The number of halogens is 3. The Morgan fingerprint density at radius 3 is 2.50 bits per heavy atom. The standard InChI is InChI=1S/C8H11N5S.3ClH.Sn/c1-10-8(14)13-12-7(9)6-4-2-3-5-11-6;;;;/h2-5H,1H3,(H2,9,12)(H2,10,13,14);3*1H;/q;;;;+4/p-4. The van der Waals surface area contributed by atoms with Crippen LogP contribution < -0.4 is 11.2 Å². The topological polar surface area (TPSA) is 75.7 Å². The first-order valence-corrected chi connectivity index (χ1v) is 15.7. The molecule has 10 heteroatoms. The number of rotatable bonds is 2. The molecule has 0 fully saturated rings. The molecule has 0 bridgehead atoms. The number of nitrogens with two attached hydrogens (primary N) is 1. The van der Waals surface area contributed by atoms with E-state index in [9.17, 15) is 0 Å². The van der Waals surface area contributed by atoms with Crippen LogP contribution in [-0.2, 0) is 12.6 Å². The maximum absolute atomic E-state index is 5.62. The van der Waals surface area contributed by atoms with E-state index in [0.29, 0.717) is 5.69 Å². The number of nitrogens with zero attached hydrogens (tertiary/aromatic N) is 3. The van der Waals surface area contributed by atoms with Gasteiger partial charge >= 0.3 is 43.1 Å². The number of hydrogen-bond acceptors (Lipinski definition) is 4. The van der Waals surface area contributed by atoms with E-state index in [1.165, 1.54) is 0 Å². The maximum atomic E-state index is 5.62. The van der Waals surface area contributed by atoms with Gasteiger partial charge in [0.25, 0.3) is 0 Å². The van der Waals surface area contributed by atoms with Crippen molar-refractivity contribution in [1.29, 1.82) is 0 Å². The zero-order valence-corrected chi connectivity index (χ0v) is 15.2. The van der Waals surface area contributed by atoms with E-state index in [4.69, 9.17) is 45.1 Å². The Kier molecular flexibility index (Phi) is 10.8. The van der Waals surface area contributed by atoms with Crippen molar-refractivity contribution in [3.8, 4) is 0 Å². The van der Waals surface area contributed by atoms with Crippen LogP contribution in [0.15, 0.2) is 34.5 Å². The Bertz CT molecular complexity index is 398. The fourth-order valence-corrected chi connectivity index (χ4v) is 0.775. The van der Waals surface area contributed by atoms with Crippen LogP contribution in [0.3, 0.4) is 0 Å². The third kappa shape index (κ3) is 9.95. The van der Waals surface area contributed by atoms with Crippen molar-refractivity contribution in [2.75, 3.05) is 7.05 Å². The SMILES string of the molecule is CN=C([S-])N/N=C(\N)c1ccccn1.[Cl][Sn+]([Cl])[Cl]. The molecule has 0 saturated carbocycles. The van der Waals surface area contributed by atoms with Crippen molar-refractivity contribution in [3.05, 3.63) is 30.1 Å². The first-order valence-electron chi connectivity index (χ1n) is 4.45. The molecule has 0 radical (unpaired) electrons. The Balaban J connectivity index is 0.000000631. The van der Waals surface area contributed by atoms with Gasteiger partial charge in [0.15, 0.2) is 5.84 Å². The molecule has 0 atom stereocenters. The zero-order chi connectivity index (χ0) is 14.0. The van der Waals surface area contributed by atoms with Gasteiger partial charge in [0, 0.05) is 13.2 Å². The summed E-state index contributed by atoms with van der Waals surface area (Å²) in [6.07, 6.45) is 1.64. The van der Waals surface area contributed by atoms with Crippen LogP contribution in [0.5, 0.6) is 0 Å². The fraction of sp³-hybridized carbons (Fsp3) is 0.125. The minimum absolute atomic E-state index is 0.275. The van der Waals surface area contributed by atoms with E-state index in [2.05, 4.69) is 20.5 Å². The average Bonchev–Trinajstić information content (AvgIpc) is 2.35. The molecule has 0 saturated heterocycles. The zero-order valence-electron chi connectivity index (χ0n) is 9.27. The van der Waals surface area contributed by atoms with Gasteiger partial charge in [0.1, 0.15) is 5.69 Å². The van der Waals surface area contributed by atoms with Crippen molar-refractivity contribution in [2.45, 2.75) is 0 Å². The molecule has 0 aliphatic carbocycles. The average molecular weight is 433 g/mol. The second-order valence-corrected chi connectivity index (χ2v) is 15.7. The summed E-state index contributed by atoms with van der Waals surface area (Å²) in [6, 6.07) is 5.39. The Morgan fingerprint density at radius 1 is 1.44 bits per heavy atom. The van der Waals surface area contributed by atoms with Gasteiger partial charge in [-0.1, -0.05) is 6.07 Å². The molecular formula is C8H10Cl3N5SSn. The molecule has 0 aliphatic rings. The summed E-state index contributed by atoms with van der Waals surface area (Å²) in [6.45, 7) is 0. The molecule has 1 heterocycles. The molecule has 3 N–H and O–H groups in total. The Hall–Kier alpha value is -0.0213. The third-order valence-corrected chi connectivity index (χ3v) is 1.68. The van der Waals surface area contributed by atoms with Crippen LogP contribution in [0, 0.1) is 0 Å². The fourth-order valence-electron chi connectivity index (χ4n) is 0.730. The number of nitrogens with one attached hydrogen (secondary N) is 1. The summed E-state index contributed by atoms with van der Waals surface area (Å²) in [4.78, 5) is 7.70. The van der Waals surface area contributed by atoms with E-state index in [-0.39, 0.29) is 11.0 Å². The van der Waals surface area contributed by atoms with Crippen LogP contribution in [0.4, 0.5) is 0 Å². The summed E-state index contributed by atoms with van der Waals surface area (Å²) < 4.78 is 0. The molecule has 1 aromatic heterocycles. The van der Waals surface area contributed by atoms with Crippen LogP contribution in [0.2, 0.25) is 0 Å². The minimum atomic E-state index is -2.13. The number of amidine groups is 2. The number of aliphatic imine (C=N–C) groups is 1. The number of aromatic nitrogens is 1. The number of hydrazone groups is 1.